The molecule has 0 aliphatic heterocycles. The molecule has 0 bridgehead atoms. The third-order valence-corrected chi connectivity index (χ3v) is 2.14. The standard InChI is InChI=1S/C11H14N4O/c1-8-3-5-12-11(7-8)13-6-4-10-14-9(2)16-15-10/h3,5,7H,4,6H2,1-2H3,(H,12,13). The highest BCUT2D eigenvalue weighted by molar-refractivity contribution is 5.36. The van der Waals surface area contributed by atoms with Crippen molar-refractivity contribution < 1.29 is 4.52 Å². The van der Waals surface area contributed by atoms with E-state index in [9.17, 15) is 0 Å². The Morgan fingerprint density at radius 1 is 1.38 bits per heavy atom. The summed E-state index contributed by atoms with van der Waals surface area (Å²) in [5.41, 5.74) is 1.19. The third-order valence-electron chi connectivity index (χ3n) is 2.14. The molecular formula is C11H14N4O. The number of anilines is 1. The van der Waals surface area contributed by atoms with Crippen LogP contribution in [0.1, 0.15) is 17.3 Å². The molecule has 0 amide bonds. The number of aryl methyl sites for hydroxylation is 2. The Hall–Kier alpha value is -1.91. The van der Waals surface area contributed by atoms with Gasteiger partial charge in [-0.3, -0.25) is 0 Å². The predicted octanol–water partition coefficient (Wildman–Crippen LogP) is 1.74. The third kappa shape index (κ3) is 2.79. The second-order valence-corrected chi connectivity index (χ2v) is 3.62. The van der Waals surface area contributed by atoms with E-state index < -0.39 is 0 Å². The zero-order valence-corrected chi connectivity index (χ0v) is 9.40. The van der Waals surface area contributed by atoms with E-state index in [1.807, 2.05) is 19.1 Å². The van der Waals surface area contributed by atoms with Gasteiger partial charge in [0.25, 0.3) is 0 Å². The van der Waals surface area contributed by atoms with E-state index in [1.54, 1.807) is 13.1 Å². The van der Waals surface area contributed by atoms with Crippen molar-refractivity contribution in [2.24, 2.45) is 0 Å². The van der Waals surface area contributed by atoms with Gasteiger partial charge < -0.3 is 9.84 Å². The summed E-state index contributed by atoms with van der Waals surface area (Å²) in [5.74, 6) is 2.20. The van der Waals surface area contributed by atoms with Crippen LogP contribution in [0, 0.1) is 13.8 Å². The molecule has 0 radical (unpaired) electrons. The van der Waals surface area contributed by atoms with Gasteiger partial charge in [-0.15, -0.1) is 0 Å². The van der Waals surface area contributed by atoms with Crippen molar-refractivity contribution in [2.75, 3.05) is 11.9 Å². The van der Waals surface area contributed by atoms with Gasteiger partial charge in [-0.1, -0.05) is 5.16 Å². The van der Waals surface area contributed by atoms with E-state index in [-0.39, 0.29) is 0 Å². The van der Waals surface area contributed by atoms with Crippen LogP contribution in [-0.4, -0.2) is 21.7 Å². The number of pyridine rings is 1. The molecule has 2 aromatic rings. The maximum absolute atomic E-state index is 4.88. The van der Waals surface area contributed by atoms with E-state index in [0.29, 0.717) is 5.89 Å². The van der Waals surface area contributed by atoms with Crippen molar-refractivity contribution in [1.82, 2.24) is 15.1 Å². The largest absolute Gasteiger partial charge is 0.370 e. The van der Waals surface area contributed by atoms with Crippen LogP contribution in [0.4, 0.5) is 5.82 Å². The molecule has 0 unspecified atom stereocenters. The van der Waals surface area contributed by atoms with Crippen molar-refractivity contribution in [3.05, 3.63) is 35.6 Å². The second kappa shape index (κ2) is 4.74. The topological polar surface area (TPSA) is 63.8 Å². The number of aromatic nitrogens is 3. The fraction of sp³-hybridized carbons (Fsp3) is 0.364. The van der Waals surface area contributed by atoms with Crippen molar-refractivity contribution in [1.29, 1.82) is 0 Å². The van der Waals surface area contributed by atoms with Crippen molar-refractivity contribution >= 4 is 5.82 Å². The van der Waals surface area contributed by atoms with Crippen LogP contribution in [0.2, 0.25) is 0 Å². The van der Waals surface area contributed by atoms with Gasteiger partial charge in [0.05, 0.1) is 0 Å². The fourth-order valence-corrected chi connectivity index (χ4v) is 1.38. The molecule has 0 spiro atoms. The zero-order chi connectivity index (χ0) is 11.4. The van der Waals surface area contributed by atoms with Crippen LogP contribution >= 0.6 is 0 Å². The van der Waals surface area contributed by atoms with Gasteiger partial charge in [0, 0.05) is 26.1 Å². The Labute approximate surface area is 93.9 Å². The van der Waals surface area contributed by atoms with Crippen molar-refractivity contribution in [3.63, 3.8) is 0 Å². The molecule has 2 aromatic heterocycles. The van der Waals surface area contributed by atoms with Crippen LogP contribution < -0.4 is 5.32 Å². The molecule has 2 rings (SSSR count). The summed E-state index contributed by atoms with van der Waals surface area (Å²) in [6.07, 6.45) is 2.52. The van der Waals surface area contributed by atoms with Gasteiger partial charge in [0.15, 0.2) is 5.82 Å². The Kier molecular flexibility index (Phi) is 3.14. The monoisotopic (exact) mass is 218 g/mol. The lowest BCUT2D eigenvalue weighted by molar-refractivity contribution is 0.387. The van der Waals surface area contributed by atoms with Crippen molar-refractivity contribution in [3.8, 4) is 0 Å². The number of nitrogens with one attached hydrogen (secondary N) is 1. The predicted molar refractivity (Wildman–Crippen MR) is 60.2 cm³/mol. The summed E-state index contributed by atoms with van der Waals surface area (Å²) < 4.78 is 4.88. The van der Waals surface area contributed by atoms with Crippen LogP contribution in [0.15, 0.2) is 22.9 Å². The minimum Gasteiger partial charge on any atom is -0.370 e. The van der Waals surface area contributed by atoms with Crippen LogP contribution in [0.5, 0.6) is 0 Å². The molecule has 0 aliphatic rings. The average molecular weight is 218 g/mol. The molecule has 0 saturated heterocycles. The number of rotatable bonds is 4. The van der Waals surface area contributed by atoms with E-state index in [1.165, 1.54) is 5.56 Å². The van der Waals surface area contributed by atoms with Gasteiger partial charge in [0.2, 0.25) is 5.89 Å². The number of hydrogen-bond acceptors (Lipinski definition) is 5. The molecule has 84 valence electrons. The van der Waals surface area contributed by atoms with Crippen LogP contribution in [0.25, 0.3) is 0 Å². The molecule has 0 fully saturated rings. The van der Waals surface area contributed by atoms with Gasteiger partial charge in [-0.05, 0) is 24.6 Å². The summed E-state index contributed by atoms with van der Waals surface area (Å²) >= 11 is 0. The highest BCUT2D eigenvalue weighted by atomic mass is 16.5. The first-order valence-corrected chi connectivity index (χ1v) is 5.20. The van der Waals surface area contributed by atoms with Gasteiger partial charge in [0.1, 0.15) is 5.82 Å². The van der Waals surface area contributed by atoms with Crippen molar-refractivity contribution in [2.45, 2.75) is 20.3 Å². The highest BCUT2D eigenvalue weighted by Crippen LogP contribution is 2.05. The summed E-state index contributed by atoms with van der Waals surface area (Å²) in [4.78, 5) is 8.32. The lowest BCUT2D eigenvalue weighted by Gasteiger charge is -2.03. The summed E-state index contributed by atoms with van der Waals surface area (Å²) in [6.45, 7) is 4.57. The Morgan fingerprint density at radius 3 is 2.94 bits per heavy atom. The molecule has 16 heavy (non-hydrogen) atoms. The Bertz CT molecular complexity index is 467. The van der Waals surface area contributed by atoms with Crippen LogP contribution in [0.3, 0.4) is 0 Å². The molecule has 2 heterocycles. The molecule has 0 saturated carbocycles. The molecular weight excluding hydrogens is 204 g/mol. The maximum atomic E-state index is 4.88. The quantitative estimate of drug-likeness (QED) is 0.846. The van der Waals surface area contributed by atoms with E-state index in [2.05, 4.69) is 20.4 Å². The minimum atomic E-state index is 0.601. The highest BCUT2D eigenvalue weighted by Gasteiger charge is 2.01. The molecule has 5 heteroatoms. The number of nitrogens with zero attached hydrogens (tertiary/aromatic N) is 3. The lowest BCUT2D eigenvalue weighted by atomic mass is 10.3. The molecule has 0 aliphatic carbocycles. The first-order chi connectivity index (χ1) is 7.74. The van der Waals surface area contributed by atoms with E-state index >= 15 is 0 Å². The van der Waals surface area contributed by atoms with E-state index in [0.717, 1.165) is 24.6 Å². The average Bonchev–Trinajstić information content (AvgIpc) is 2.64. The first kappa shape index (κ1) is 10.6. The van der Waals surface area contributed by atoms with Crippen LogP contribution in [-0.2, 0) is 6.42 Å². The van der Waals surface area contributed by atoms with Gasteiger partial charge in [-0.25, -0.2) is 4.98 Å². The fourth-order valence-electron chi connectivity index (χ4n) is 1.38. The molecule has 5 nitrogen and oxygen atoms in total. The lowest BCUT2D eigenvalue weighted by Crippen LogP contribution is -2.07. The second-order valence-electron chi connectivity index (χ2n) is 3.62. The summed E-state index contributed by atoms with van der Waals surface area (Å²) in [6, 6.07) is 3.97. The summed E-state index contributed by atoms with van der Waals surface area (Å²) in [5, 5.41) is 7.03. The molecule has 1 N–H and O–H groups in total. The Balaban J connectivity index is 1.84. The van der Waals surface area contributed by atoms with Gasteiger partial charge >= 0.3 is 0 Å². The molecule has 0 aromatic carbocycles. The SMILES string of the molecule is Cc1ccnc(NCCc2noc(C)n2)c1. The smallest absolute Gasteiger partial charge is 0.223 e. The number of hydrogen-bond donors (Lipinski definition) is 1. The van der Waals surface area contributed by atoms with E-state index in [4.69, 9.17) is 4.52 Å². The maximum Gasteiger partial charge on any atom is 0.223 e. The minimum absolute atomic E-state index is 0.601. The first-order valence-electron chi connectivity index (χ1n) is 5.20. The normalized spacial score (nSPS) is 10.4. The summed E-state index contributed by atoms with van der Waals surface area (Å²) in [7, 11) is 0. The van der Waals surface area contributed by atoms with Gasteiger partial charge in [-0.2, -0.15) is 4.98 Å². The zero-order valence-electron chi connectivity index (χ0n) is 9.40. The molecule has 0 atom stereocenters. The Morgan fingerprint density at radius 2 is 2.25 bits per heavy atom.